The molecule has 1 aliphatic heterocycles. The number of Topliss-reactive ketones (excluding diaryl/α,β-unsaturated/α-hetero) is 1. The van der Waals surface area contributed by atoms with E-state index in [1.165, 1.54) is 5.56 Å². The molecule has 106 valence electrons. The number of aryl methyl sites for hydroxylation is 1. The predicted octanol–water partition coefficient (Wildman–Crippen LogP) is 2.04. The summed E-state index contributed by atoms with van der Waals surface area (Å²) in [5.41, 5.74) is 2.84. The van der Waals surface area contributed by atoms with Gasteiger partial charge in [0.25, 0.3) is 0 Å². The fourth-order valence-corrected chi connectivity index (χ4v) is 2.75. The molecule has 4 heteroatoms. The van der Waals surface area contributed by atoms with Crippen molar-refractivity contribution in [2.45, 2.75) is 58.2 Å². The number of benzene rings is 1. The van der Waals surface area contributed by atoms with Crippen LogP contribution in [0.2, 0.25) is 0 Å². The standard InChI is InChI=1S/C16H21BO3/c1-15(2)16(3,4)20-17(19-15)13-7-5-12-10-14(18)8-6-11(12)9-13/h5,7,9H,6,8,10H2,1-4H3. The number of ketones is 1. The summed E-state index contributed by atoms with van der Waals surface area (Å²) in [4.78, 5) is 11.5. The highest BCUT2D eigenvalue weighted by Crippen LogP contribution is 2.36. The molecule has 2 aliphatic rings. The molecule has 1 saturated heterocycles. The normalized spacial score (nSPS) is 23.8. The van der Waals surface area contributed by atoms with Gasteiger partial charge >= 0.3 is 7.12 Å². The van der Waals surface area contributed by atoms with Crippen molar-refractivity contribution in [1.29, 1.82) is 0 Å². The molecule has 1 aliphatic carbocycles. The first-order valence-electron chi connectivity index (χ1n) is 7.27. The minimum atomic E-state index is -0.317. The largest absolute Gasteiger partial charge is 0.494 e. The van der Waals surface area contributed by atoms with Gasteiger partial charge in [-0.1, -0.05) is 18.2 Å². The van der Waals surface area contributed by atoms with Crippen molar-refractivity contribution in [2.24, 2.45) is 0 Å². The van der Waals surface area contributed by atoms with E-state index < -0.39 is 0 Å². The average Bonchev–Trinajstić information content (AvgIpc) is 2.58. The van der Waals surface area contributed by atoms with Gasteiger partial charge in [0.05, 0.1) is 11.2 Å². The van der Waals surface area contributed by atoms with Gasteiger partial charge in [0.2, 0.25) is 0 Å². The van der Waals surface area contributed by atoms with Crippen LogP contribution in [-0.2, 0) is 26.9 Å². The summed E-state index contributed by atoms with van der Waals surface area (Å²) in [6, 6.07) is 6.22. The van der Waals surface area contributed by atoms with E-state index in [0.717, 1.165) is 17.4 Å². The topological polar surface area (TPSA) is 35.5 Å². The second-order valence-electron chi connectivity index (χ2n) is 6.83. The van der Waals surface area contributed by atoms with Gasteiger partial charge in [-0.15, -0.1) is 0 Å². The first-order valence-corrected chi connectivity index (χ1v) is 7.27. The van der Waals surface area contributed by atoms with E-state index in [1.807, 2.05) is 12.1 Å². The third-order valence-corrected chi connectivity index (χ3v) is 4.82. The van der Waals surface area contributed by atoms with Crippen molar-refractivity contribution in [2.75, 3.05) is 0 Å². The van der Waals surface area contributed by atoms with E-state index in [1.54, 1.807) is 0 Å². The van der Waals surface area contributed by atoms with Crippen LogP contribution in [0, 0.1) is 0 Å². The molecule has 0 saturated carbocycles. The van der Waals surface area contributed by atoms with Crippen LogP contribution in [0.1, 0.15) is 45.2 Å². The van der Waals surface area contributed by atoms with Crippen LogP contribution < -0.4 is 5.46 Å². The Morgan fingerprint density at radius 1 is 1.00 bits per heavy atom. The molecule has 0 atom stereocenters. The summed E-state index contributed by atoms with van der Waals surface area (Å²) < 4.78 is 12.1. The molecule has 3 rings (SSSR count). The fraction of sp³-hybridized carbons (Fsp3) is 0.562. The van der Waals surface area contributed by atoms with E-state index in [-0.39, 0.29) is 18.3 Å². The highest BCUT2D eigenvalue weighted by atomic mass is 16.7. The first-order chi connectivity index (χ1) is 9.28. The molecule has 1 aromatic rings. The zero-order valence-electron chi connectivity index (χ0n) is 12.7. The van der Waals surface area contributed by atoms with Crippen LogP contribution in [0.5, 0.6) is 0 Å². The number of carbonyl (C=O) groups is 1. The summed E-state index contributed by atoms with van der Waals surface area (Å²) in [5.74, 6) is 0.334. The lowest BCUT2D eigenvalue weighted by atomic mass is 9.76. The van der Waals surface area contributed by atoms with Gasteiger partial charge in [0, 0.05) is 12.8 Å². The Morgan fingerprint density at radius 2 is 1.65 bits per heavy atom. The molecule has 20 heavy (non-hydrogen) atoms. The molecule has 0 unspecified atom stereocenters. The lowest BCUT2D eigenvalue weighted by molar-refractivity contribution is -0.118. The Morgan fingerprint density at radius 3 is 2.30 bits per heavy atom. The van der Waals surface area contributed by atoms with Gasteiger partial charge in [-0.2, -0.15) is 0 Å². The first kappa shape index (κ1) is 13.8. The van der Waals surface area contributed by atoms with Gasteiger partial charge in [-0.3, -0.25) is 4.79 Å². The SMILES string of the molecule is CC1(C)OB(c2ccc3c(c2)CCC(=O)C3)OC1(C)C. The van der Waals surface area contributed by atoms with Crippen LogP contribution in [0.4, 0.5) is 0 Å². The molecule has 1 heterocycles. The summed E-state index contributed by atoms with van der Waals surface area (Å²) in [5, 5.41) is 0. The number of hydrogen-bond acceptors (Lipinski definition) is 3. The maximum atomic E-state index is 11.5. The van der Waals surface area contributed by atoms with Crippen molar-refractivity contribution in [3.63, 3.8) is 0 Å². The van der Waals surface area contributed by atoms with Crippen molar-refractivity contribution in [3.05, 3.63) is 29.3 Å². The van der Waals surface area contributed by atoms with Gasteiger partial charge in [0.1, 0.15) is 5.78 Å². The Labute approximate surface area is 120 Å². The Bertz CT molecular complexity index is 547. The zero-order valence-corrected chi connectivity index (χ0v) is 12.7. The monoisotopic (exact) mass is 272 g/mol. The molecule has 3 nitrogen and oxygen atoms in total. The summed E-state index contributed by atoms with van der Waals surface area (Å²) >= 11 is 0. The third-order valence-electron chi connectivity index (χ3n) is 4.82. The highest BCUT2D eigenvalue weighted by Gasteiger charge is 2.51. The smallest absolute Gasteiger partial charge is 0.399 e. The predicted molar refractivity (Wildman–Crippen MR) is 79.2 cm³/mol. The minimum Gasteiger partial charge on any atom is -0.399 e. The molecular weight excluding hydrogens is 251 g/mol. The maximum absolute atomic E-state index is 11.5. The van der Waals surface area contributed by atoms with E-state index in [2.05, 4.69) is 33.8 Å². The lowest BCUT2D eigenvalue weighted by Gasteiger charge is -2.32. The number of rotatable bonds is 1. The Balaban J connectivity index is 1.88. The van der Waals surface area contributed by atoms with Gasteiger partial charge in [-0.05, 0) is 50.7 Å². The maximum Gasteiger partial charge on any atom is 0.494 e. The number of hydrogen-bond donors (Lipinski definition) is 0. The van der Waals surface area contributed by atoms with Crippen molar-refractivity contribution >= 4 is 18.4 Å². The highest BCUT2D eigenvalue weighted by molar-refractivity contribution is 6.62. The molecule has 1 fully saturated rings. The second kappa shape index (κ2) is 4.44. The minimum absolute atomic E-state index is 0.316. The quantitative estimate of drug-likeness (QED) is 0.734. The van der Waals surface area contributed by atoms with Gasteiger partial charge < -0.3 is 9.31 Å². The molecule has 0 amide bonds. The van der Waals surface area contributed by atoms with Crippen molar-refractivity contribution in [1.82, 2.24) is 0 Å². The number of fused-ring (bicyclic) bond motifs is 1. The van der Waals surface area contributed by atoms with Gasteiger partial charge in [0.15, 0.2) is 0 Å². The summed E-state index contributed by atoms with van der Waals surface area (Å²) in [7, 11) is -0.317. The summed E-state index contributed by atoms with van der Waals surface area (Å²) in [6.45, 7) is 8.24. The van der Waals surface area contributed by atoms with Crippen molar-refractivity contribution < 1.29 is 14.1 Å². The van der Waals surface area contributed by atoms with E-state index in [9.17, 15) is 4.79 Å². The van der Waals surface area contributed by atoms with E-state index >= 15 is 0 Å². The van der Waals surface area contributed by atoms with Crippen LogP contribution in [0.15, 0.2) is 18.2 Å². The lowest BCUT2D eigenvalue weighted by Crippen LogP contribution is -2.41. The molecule has 0 bridgehead atoms. The zero-order chi connectivity index (χ0) is 14.5. The van der Waals surface area contributed by atoms with Gasteiger partial charge in [-0.25, -0.2) is 0 Å². The molecule has 0 aromatic heterocycles. The third kappa shape index (κ3) is 2.21. The van der Waals surface area contributed by atoms with Crippen LogP contribution in [0.25, 0.3) is 0 Å². The molecule has 1 aromatic carbocycles. The van der Waals surface area contributed by atoms with Crippen LogP contribution in [-0.4, -0.2) is 24.1 Å². The number of carbonyl (C=O) groups excluding carboxylic acids is 1. The molecule has 0 radical (unpaired) electrons. The van der Waals surface area contributed by atoms with Crippen molar-refractivity contribution in [3.8, 4) is 0 Å². The van der Waals surface area contributed by atoms with E-state index in [0.29, 0.717) is 18.6 Å². The van der Waals surface area contributed by atoms with Crippen LogP contribution in [0.3, 0.4) is 0 Å². The van der Waals surface area contributed by atoms with Crippen LogP contribution >= 0.6 is 0 Å². The Kier molecular flexibility index (Phi) is 3.07. The molecule has 0 N–H and O–H groups in total. The molecule has 0 spiro atoms. The molecular formula is C16H21BO3. The summed E-state index contributed by atoms with van der Waals surface area (Å²) in [6.07, 6.45) is 2.06. The Hall–Kier alpha value is -1.13. The fourth-order valence-electron chi connectivity index (χ4n) is 2.75. The van der Waals surface area contributed by atoms with E-state index in [4.69, 9.17) is 9.31 Å². The second-order valence-corrected chi connectivity index (χ2v) is 6.83. The average molecular weight is 272 g/mol.